The minimum Gasteiger partial charge on any atom is -0.497 e. The zero-order valence-electron chi connectivity index (χ0n) is 12.9. The largest absolute Gasteiger partial charge is 0.497 e. The van der Waals surface area contributed by atoms with Crippen LogP contribution in [-0.4, -0.2) is 11.7 Å². The van der Waals surface area contributed by atoms with E-state index in [1.54, 1.807) is 7.11 Å². The summed E-state index contributed by atoms with van der Waals surface area (Å²) in [6.07, 6.45) is 2.19. The highest BCUT2D eigenvalue weighted by Crippen LogP contribution is 2.44. The van der Waals surface area contributed by atoms with E-state index in [-0.39, 0.29) is 0 Å². The number of nitrogens with zero attached hydrogens (tertiary/aromatic N) is 1. The fourth-order valence-electron chi connectivity index (χ4n) is 4.08. The molecule has 114 valence electrons. The van der Waals surface area contributed by atoms with Crippen LogP contribution in [0.2, 0.25) is 5.02 Å². The predicted molar refractivity (Wildman–Crippen MR) is 96.8 cm³/mol. The molecule has 1 aromatic heterocycles. The molecule has 5 rings (SSSR count). The molecule has 0 atom stereocenters. The lowest BCUT2D eigenvalue weighted by Gasteiger charge is -2.19. The van der Waals surface area contributed by atoms with E-state index in [1.165, 1.54) is 32.8 Å². The summed E-state index contributed by atoms with van der Waals surface area (Å²) >= 11 is 6.80. The van der Waals surface area contributed by atoms with Crippen LogP contribution in [0.4, 0.5) is 0 Å². The number of aromatic nitrogens is 1. The second-order valence-corrected chi connectivity index (χ2v) is 6.58. The van der Waals surface area contributed by atoms with E-state index in [4.69, 9.17) is 16.3 Å². The Kier molecular flexibility index (Phi) is 2.68. The third-order valence-electron chi connectivity index (χ3n) is 5.06. The first-order chi connectivity index (χ1) is 11.3. The maximum atomic E-state index is 6.80. The van der Waals surface area contributed by atoms with Gasteiger partial charge >= 0.3 is 0 Å². The number of hydrogen-bond acceptors (Lipinski definition) is 1. The van der Waals surface area contributed by atoms with Gasteiger partial charge in [0.1, 0.15) is 5.75 Å². The van der Waals surface area contributed by atoms with Gasteiger partial charge in [0.25, 0.3) is 0 Å². The average molecular weight is 322 g/mol. The lowest BCUT2D eigenvalue weighted by molar-refractivity contribution is 0.415. The van der Waals surface area contributed by atoms with Crippen LogP contribution in [-0.2, 0) is 13.0 Å². The van der Waals surface area contributed by atoms with E-state index in [0.717, 1.165) is 35.5 Å². The maximum absolute atomic E-state index is 6.80. The Morgan fingerprint density at radius 3 is 2.78 bits per heavy atom. The highest BCUT2D eigenvalue weighted by Gasteiger charge is 2.23. The molecule has 0 saturated carbocycles. The quantitative estimate of drug-likeness (QED) is 0.448. The summed E-state index contributed by atoms with van der Waals surface area (Å²) in [5.41, 5.74) is 3.90. The molecule has 2 heterocycles. The van der Waals surface area contributed by atoms with Crippen LogP contribution >= 0.6 is 11.6 Å². The molecule has 0 radical (unpaired) electrons. The molecule has 0 saturated heterocycles. The van der Waals surface area contributed by atoms with E-state index < -0.39 is 0 Å². The first-order valence-corrected chi connectivity index (χ1v) is 8.36. The normalized spacial score (nSPS) is 14.0. The van der Waals surface area contributed by atoms with Crippen molar-refractivity contribution in [3.8, 4) is 5.75 Å². The molecule has 3 aromatic carbocycles. The Bertz CT molecular complexity index is 1090. The molecule has 0 aliphatic carbocycles. The summed E-state index contributed by atoms with van der Waals surface area (Å²) in [4.78, 5) is 0. The molecule has 1 aliphatic rings. The van der Waals surface area contributed by atoms with Crippen molar-refractivity contribution in [2.75, 3.05) is 7.11 Å². The molecular formula is C20H16ClNO. The number of hydrogen-bond donors (Lipinski definition) is 0. The standard InChI is InChI=1S/C20H16ClNO/c1-23-12-8-9-13-16(11-12)18-14-5-2-3-7-17(14)22-10-4-6-15(19(13)21)20(18)22/h2-3,5,7-9,11H,4,6,10H2,1H3. The molecule has 3 heteroatoms. The van der Waals surface area contributed by atoms with Crippen LogP contribution in [0.3, 0.4) is 0 Å². The molecule has 0 unspecified atom stereocenters. The summed E-state index contributed by atoms with van der Waals surface area (Å²) in [6.45, 7) is 1.06. The van der Waals surface area contributed by atoms with E-state index in [1.807, 2.05) is 6.07 Å². The zero-order valence-corrected chi connectivity index (χ0v) is 13.7. The second kappa shape index (κ2) is 4.65. The molecule has 4 aromatic rings. The van der Waals surface area contributed by atoms with Gasteiger partial charge in [0.15, 0.2) is 0 Å². The summed E-state index contributed by atoms with van der Waals surface area (Å²) in [7, 11) is 1.71. The Morgan fingerprint density at radius 2 is 1.91 bits per heavy atom. The highest BCUT2D eigenvalue weighted by atomic mass is 35.5. The first-order valence-electron chi connectivity index (χ1n) is 7.98. The van der Waals surface area contributed by atoms with Crippen LogP contribution < -0.4 is 4.74 Å². The van der Waals surface area contributed by atoms with Gasteiger partial charge in [0, 0.05) is 28.2 Å². The topological polar surface area (TPSA) is 14.2 Å². The number of rotatable bonds is 1. The van der Waals surface area contributed by atoms with Crippen molar-refractivity contribution < 1.29 is 4.74 Å². The van der Waals surface area contributed by atoms with Gasteiger partial charge < -0.3 is 9.30 Å². The van der Waals surface area contributed by atoms with Crippen molar-refractivity contribution in [3.05, 3.63) is 53.1 Å². The van der Waals surface area contributed by atoms with Crippen LogP contribution in [0.1, 0.15) is 12.0 Å². The fraction of sp³-hybridized carbons (Fsp3) is 0.200. The minimum absolute atomic E-state index is 0.872. The Labute approximate surface area is 139 Å². The van der Waals surface area contributed by atoms with Gasteiger partial charge in [0.05, 0.1) is 17.6 Å². The average Bonchev–Trinajstić information content (AvgIpc) is 2.95. The van der Waals surface area contributed by atoms with Crippen LogP contribution in [0, 0.1) is 0 Å². The fourth-order valence-corrected chi connectivity index (χ4v) is 4.43. The Balaban J connectivity index is 2.14. The van der Waals surface area contributed by atoms with Gasteiger partial charge in [-0.05, 0) is 48.1 Å². The molecule has 0 amide bonds. The number of benzene rings is 3. The van der Waals surface area contributed by atoms with E-state index in [9.17, 15) is 0 Å². The minimum atomic E-state index is 0.872. The summed E-state index contributed by atoms with van der Waals surface area (Å²) in [5, 5.41) is 5.83. The number of para-hydroxylation sites is 1. The van der Waals surface area contributed by atoms with Crippen molar-refractivity contribution in [3.63, 3.8) is 0 Å². The lowest BCUT2D eigenvalue weighted by atomic mass is 9.96. The monoisotopic (exact) mass is 321 g/mol. The highest BCUT2D eigenvalue weighted by molar-refractivity contribution is 6.40. The van der Waals surface area contributed by atoms with E-state index in [0.29, 0.717) is 0 Å². The third kappa shape index (κ3) is 1.64. The number of aryl methyl sites for hydroxylation is 2. The van der Waals surface area contributed by atoms with Gasteiger partial charge in [-0.3, -0.25) is 0 Å². The molecule has 0 fully saturated rings. The Morgan fingerprint density at radius 1 is 1.04 bits per heavy atom. The summed E-state index contributed by atoms with van der Waals surface area (Å²) in [6, 6.07) is 14.9. The van der Waals surface area contributed by atoms with E-state index >= 15 is 0 Å². The van der Waals surface area contributed by atoms with Crippen molar-refractivity contribution in [2.24, 2.45) is 0 Å². The number of methoxy groups -OCH3 is 1. The van der Waals surface area contributed by atoms with Crippen molar-refractivity contribution in [1.82, 2.24) is 4.57 Å². The van der Waals surface area contributed by atoms with Gasteiger partial charge in [-0.1, -0.05) is 29.8 Å². The maximum Gasteiger partial charge on any atom is 0.119 e. The molecule has 23 heavy (non-hydrogen) atoms. The second-order valence-electron chi connectivity index (χ2n) is 6.20. The van der Waals surface area contributed by atoms with Crippen molar-refractivity contribution >= 4 is 44.2 Å². The lowest BCUT2D eigenvalue weighted by Crippen LogP contribution is -2.08. The summed E-state index contributed by atoms with van der Waals surface area (Å²) < 4.78 is 7.89. The van der Waals surface area contributed by atoms with Gasteiger partial charge in [0.2, 0.25) is 0 Å². The number of fused-ring (bicyclic) bond motifs is 5. The van der Waals surface area contributed by atoms with Crippen LogP contribution in [0.15, 0.2) is 42.5 Å². The molecule has 1 aliphatic heterocycles. The number of ether oxygens (including phenoxy) is 1. The zero-order chi connectivity index (χ0) is 15.6. The van der Waals surface area contributed by atoms with Gasteiger partial charge in [-0.25, -0.2) is 0 Å². The SMILES string of the molecule is COc1ccc2c(Cl)c3c4c(c2c1)c1ccccc1n4CCC3. The van der Waals surface area contributed by atoms with Gasteiger partial charge in [-0.2, -0.15) is 0 Å². The third-order valence-corrected chi connectivity index (χ3v) is 5.49. The number of halogens is 1. The van der Waals surface area contributed by atoms with Gasteiger partial charge in [-0.15, -0.1) is 0 Å². The smallest absolute Gasteiger partial charge is 0.119 e. The first kappa shape index (κ1) is 13.3. The Hall–Kier alpha value is -2.19. The van der Waals surface area contributed by atoms with Crippen molar-refractivity contribution in [2.45, 2.75) is 19.4 Å². The van der Waals surface area contributed by atoms with Crippen LogP contribution in [0.5, 0.6) is 5.75 Å². The molecule has 0 N–H and O–H groups in total. The predicted octanol–water partition coefficient (Wildman–Crippen LogP) is 5.56. The molecule has 0 spiro atoms. The van der Waals surface area contributed by atoms with Crippen molar-refractivity contribution in [1.29, 1.82) is 0 Å². The molecular weight excluding hydrogens is 306 g/mol. The molecule has 2 nitrogen and oxygen atoms in total. The summed E-state index contributed by atoms with van der Waals surface area (Å²) in [5.74, 6) is 0.872. The molecule has 0 bridgehead atoms. The van der Waals surface area contributed by atoms with E-state index in [2.05, 4.69) is 41.0 Å². The van der Waals surface area contributed by atoms with Crippen LogP contribution in [0.25, 0.3) is 32.6 Å².